The van der Waals surface area contributed by atoms with Gasteiger partial charge in [0.15, 0.2) is 0 Å². The van der Waals surface area contributed by atoms with E-state index in [2.05, 4.69) is 15.5 Å². The first-order chi connectivity index (χ1) is 14.1. The quantitative estimate of drug-likeness (QED) is 0.582. The summed E-state index contributed by atoms with van der Waals surface area (Å²) in [6, 6.07) is 10.0. The van der Waals surface area contributed by atoms with E-state index in [0.717, 1.165) is 0 Å². The summed E-state index contributed by atoms with van der Waals surface area (Å²) < 4.78 is 19.6. The molecule has 1 atom stereocenters. The van der Waals surface area contributed by atoms with Crippen LogP contribution in [0.3, 0.4) is 0 Å². The third-order valence-corrected chi connectivity index (χ3v) is 4.88. The van der Waals surface area contributed by atoms with Gasteiger partial charge in [0.25, 0.3) is 0 Å². The maximum atomic E-state index is 14.1. The Hall–Kier alpha value is -2.91. The molecular weight excluding hydrogens is 379 g/mol. The number of hydrogen-bond acceptors (Lipinski definition) is 6. The Morgan fingerprint density at radius 1 is 1.07 bits per heavy atom. The van der Waals surface area contributed by atoms with Gasteiger partial charge < -0.3 is 25.1 Å². The molecule has 3 rings (SSSR count). The maximum Gasteiger partial charge on any atom is 0.309 e. The van der Waals surface area contributed by atoms with Gasteiger partial charge in [-0.15, -0.1) is 0 Å². The lowest BCUT2D eigenvalue weighted by atomic mass is 10.1. The summed E-state index contributed by atoms with van der Waals surface area (Å²) in [4.78, 5) is 27.8. The summed E-state index contributed by atoms with van der Waals surface area (Å²) >= 11 is 0. The molecule has 1 aliphatic rings. The molecule has 29 heavy (non-hydrogen) atoms. The highest BCUT2D eigenvalue weighted by atomic mass is 19.1. The lowest BCUT2D eigenvalue weighted by molar-refractivity contribution is -0.139. The van der Waals surface area contributed by atoms with E-state index < -0.39 is 11.8 Å². The Bertz CT molecular complexity index is 807. The van der Waals surface area contributed by atoms with Gasteiger partial charge in [0.05, 0.1) is 24.6 Å². The van der Waals surface area contributed by atoms with Crippen molar-refractivity contribution in [1.29, 1.82) is 0 Å². The second-order valence-electron chi connectivity index (χ2n) is 6.70. The van der Waals surface area contributed by atoms with Gasteiger partial charge in [0.1, 0.15) is 11.6 Å². The number of nitrogens with one attached hydrogen (secondary N) is 2. The minimum Gasteiger partial charge on any atom is -0.468 e. The molecule has 1 aromatic carbocycles. The molecular formula is C20H25FN4O4. The second kappa shape index (κ2) is 10.0. The average Bonchev–Trinajstić information content (AvgIpc) is 3.27. The van der Waals surface area contributed by atoms with Gasteiger partial charge in [0, 0.05) is 39.3 Å². The Balaban J connectivity index is 1.61. The first-order valence-electron chi connectivity index (χ1n) is 9.54. The van der Waals surface area contributed by atoms with Crippen molar-refractivity contribution >= 4 is 17.5 Å². The van der Waals surface area contributed by atoms with Gasteiger partial charge in [-0.1, -0.05) is 12.1 Å². The molecule has 2 heterocycles. The second-order valence-corrected chi connectivity index (χ2v) is 6.70. The number of nitrogens with zero attached hydrogens (tertiary/aromatic N) is 2. The summed E-state index contributed by atoms with van der Waals surface area (Å²) in [6.07, 6.45) is 1.56. The summed E-state index contributed by atoms with van der Waals surface area (Å²) in [5.74, 6) is -1.12. The van der Waals surface area contributed by atoms with E-state index in [1.165, 1.54) is 6.07 Å². The Morgan fingerprint density at radius 2 is 1.79 bits per heavy atom. The fourth-order valence-corrected chi connectivity index (χ4v) is 3.39. The number of furan rings is 1. The van der Waals surface area contributed by atoms with Crippen molar-refractivity contribution in [2.24, 2.45) is 0 Å². The summed E-state index contributed by atoms with van der Waals surface area (Å²) in [5, 5.41) is 13.7. The predicted octanol–water partition coefficient (Wildman–Crippen LogP) is 0.507. The molecule has 0 aliphatic carbocycles. The van der Waals surface area contributed by atoms with E-state index in [-0.39, 0.29) is 31.6 Å². The van der Waals surface area contributed by atoms with Crippen LogP contribution >= 0.6 is 0 Å². The zero-order chi connectivity index (χ0) is 20.6. The lowest BCUT2D eigenvalue weighted by Gasteiger charge is -2.39. The number of hydrogen-bond donors (Lipinski definition) is 3. The van der Waals surface area contributed by atoms with E-state index in [4.69, 9.17) is 9.52 Å². The highest BCUT2D eigenvalue weighted by molar-refractivity contribution is 6.35. The van der Waals surface area contributed by atoms with Crippen LogP contribution in [0.1, 0.15) is 11.8 Å². The molecule has 0 spiro atoms. The van der Waals surface area contributed by atoms with Crippen molar-refractivity contribution in [3.63, 3.8) is 0 Å². The van der Waals surface area contributed by atoms with Crippen LogP contribution in [-0.4, -0.2) is 67.7 Å². The molecule has 9 heteroatoms. The SMILES string of the molecule is O=C(NCCO)C(=O)NCC(c1ccco1)N1CCN(c2ccccc2F)CC1. The number of carbonyl (C=O) groups is 2. The minimum absolute atomic E-state index is 0.0197. The Labute approximate surface area is 168 Å². The molecule has 0 radical (unpaired) electrons. The smallest absolute Gasteiger partial charge is 0.309 e. The molecule has 1 unspecified atom stereocenters. The fraction of sp³-hybridized carbons (Fsp3) is 0.400. The standard InChI is InChI=1S/C20H25FN4O4/c21-15-4-1-2-5-16(15)24-8-10-25(11-9-24)17(18-6-3-13-29-18)14-23-20(28)19(27)22-7-12-26/h1-6,13,17,26H,7-12,14H2,(H,22,27)(H,23,28). The third kappa shape index (κ3) is 5.33. The van der Waals surface area contributed by atoms with Crippen molar-refractivity contribution in [3.8, 4) is 0 Å². The summed E-state index contributed by atoms with van der Waals surface area (Å²) in [5.41, 5.74) is 0.579. The van der Waals surface area contributed by atoms with Crippen molar-refractivity contribution < 1.29 is 23.5 Å². The number of piperazine rings is 1. The van der Waals surface area contributed by atoms with Crippen LogP contribution in [0.5, 0.6) is 0 Å². The molecule has 1 aromatic heterocycles. The highest BCUT2D eigenvalue weighted by Gasteiger charge is 2.28. The first-order valence-corrected chi connectivity index (χ1v) is 9.54. The number of anilines is 1. The van der Waals surface area contributed by atoms with Crippen LogP contribution in [-0.2, 0) is 9.59 Å². The molecule has 1 saturated heterocycles. The van der Waals surface area contributed by atoms with Crippen molar-refractivity contribution in [2.75, 3.05) is 50.8 Å². The van der Waals surface area contributed by atoms with E-state index in [9.17, 15) is 14.0 Å². The number of benzene rings is 1. The molecule has 3 N–H and O–H groups in total. The number of aliphatic hydroxyl groups excluding tert-OH is 1. The predicted molar refractivity (Wildman–Crippen MR) is 105 cm³/mol. The van der Waals surface area contributed by atoms with Crippen molar-refractivity contribution in [2.45, 2.75) is 6.04 Å². The van der Waals surface area contributed by atoms with Crippen LogP contribution in [0.25, 0.3) is 0 Å². The molecule has 2 amide bonds. The van der Waals surface area contributed by atoms with Crippen LogP contribution < -0.4 is 15.5 Å². The van der Waals surface area contributed by atoms with Gasteiger partial charge in [-0.25, -0.2) is 4.39 Å². The topological polar surface area (TPSA) is 98.0 Å². The number of amides is 2. The van der Waals surface area contributed by atoms with Crippen LogP contribution in [0, 0.1) is 5.82 Å². The van der Waals surface area contributed by atoms with Gasteiger partial charge >= 0.3 is 11.8 Å². The van der Waals surface area contributed by atoms with Gasteiger partial charge in [-0.3, -0.25) is 14.5 Å². The lowest BCUT2D eigenvalue weighted by Crippen LogP contribution is -2.51. The summed E-state index contributed by atoms with van der Waals surface area (Å²) in [6.45, 7) is 2.52. The number of halogens is 1. The summed E-state index contributed by atoms with van der Waals surface area (Å²) in [7, 11) is 0. The first kappa shape index (κ1) is 20.8. The number of para-hydroxylation sites is 1. The molecule has 0 bridgehead atoms. The van der Waals surface area contributed by atoms with E-state index in [1.54, 1.807) is 24.5 Å². The molecule has 8 nitrogen and oxygen atoms in total. The van der Waals surface area contributed by atoms with Crippen LogP contribution in [0.2, 0.25) is 0 Å². The largest absolute Gasteiger partial charge is 0.468 e. The van der Waals surface area contributed by atoms with E-state index >= 15 is 0 Å². The molecule has 2 aromatic rings. The monoisotopic (exact) mass is 404 g/mol. The highest BCUT2D eigenvalue weighted by Crippen LogP contribution is 2.25. The maximum absolute atomic E-state index is 14.1. The van der Waals surface area contributed by atoms with E-state index in [1.807, 2.05) is 17.0 Å². The van der Waals surface area contributed by atoms with Gasteiger partial charge in [0.2, 0.25) is 0 Å². The zero-order valence-corrected chi connectivity index (χ0v) is 16.0. The Kier molecular flexibility index (Phi) is 7.20. The fourth-order valence-electron chi connectivity index (χ4n) is 3.39. The van der Waals surface area contributed by atoms with Crippen molar-refractivity contribution in [3.05, 3.63) is 54.2 Å². The normalized spacial score (nSPS) is 15.7. The molecule has 0 saturated carbocycles. The van der Waals surface area contributed by atoms with E-state index in [0.29, 0.717) is 37.6 Å². The zero-order valence-electron chi connectivity index (χ0n) is 16.0. The minimum atomic E-state index is -0.790. The van der Waals surface area contributed by atoms with Crippen molar-refractivity contribution in [1.82, 2.24) is 15.5 Å². The molecule has 156 valence electrons. The van der Waals surface area contributed by atoms with Crippen LogP contribution in [0.15, 0.2) is 47.1 Å². The van der Waals surface area contributed by atoms with Gasteiger partial charge in [-0.05, 0) is 24.3 Å². The number of rotatable bonds is 7. The van der Waals surface area contributed by atoms with Gasteiger partial charge in [-0.2, -0.15) is 0 Å². The molecule has 1 fully saturated rings. The Morgan fingerprint density at radius 3 is 2.45 bits per heavy atom. The average molecular weight is 404 g/mol. The number of aliphatic hydroxyl groups is 1. The third-order valence-electron chi connectivity index (χ3n) is 4.88. The molecule has 1 aliphatic heterocycles. The number of carbonyl (C=O) groups excluding carboxylic acids is 2. The van der Waals surface area contributed by atoms with Crippen LogP contribution in [0.4, 0.5) is 10.1 Å².